The largest absolute Gasteiger partial charge is 0.503 e. The number of methoxy groups -OCH3 is 1. The van der Waals surface area contributed by atoms with E-state index in [1.165, 1.54) is 21.0 Å². The first-order valence-corrected chi connectivity index (χ1v) is 4.00. The van der Waals surface area contributed by atoms with E-state index in [0.717, 1.165) is 0 Å². The standard InChI is InChI=1S/C10H10FNO2/c1-5-7(4-12)9(13)10(14-3)6(2)8(5)11/h13H,1-3H3. The summed E-state index contributed by atoms with van der Waals surface area (Å²) in [6, 6.07) is 1.74. The molecule has 0 fully saturated rings. The van der Waals surface area contributed by atoms with Gasteiger partial charge in [0, 0.05) is 11.1 Å². The first-order chi connectivity index (χ1) is 6.54. The number of hydrogen-bond acceptors (Lipinski definition) is 3. The Hall–Kier alpha value is -1.76. The summed E-state index contributed by atoms with van der Waals surface area (Å²) in [6.45, 7) is 2.93. The van der Waals surface area contributed by atoms with Crippen molar-refractivity contribution in [2.75, 3.05) is 7.11 Å². The van der Waals surface area contributed by atoms with Crippen LogP contribution in [0.5, 0.6) is 11.5 Å². The lowest BCUT2D eigenvalue weighted by molar-refractivity contribution is 0.365. The molecule has 0 saturated heterocycles. The molecule has 0 aliphatic heterocycles. The molecule has 1 aromatic rings. The van der Waals surface area contributed by atoms with E-state index in [-0.39, 0.29) is 28.2 Å². The van der Waals surface area contributed by atoms with Crippen LogP contribution in [0.3, 0.4) is 0 Å². The van der Waals surface area contributed by atoms with Gasteiger partial charge in [-0.1, -0.05) is 0 Å². The molecule has 0 aromatic heterocycles. The molecule has 4 heteroatoms. The minimum Gasteiger partial charge on any atom is -0.503 e. The molecule has 1 rings (SSSR count). The van der Waals surface area contributed by atoms with Gasteiger partial charge in [-0.2, -0.15) is 5.26 Å². The molecule has 0 aliphatic rings. The van der Waals surface area contributed by atoms with E-state index in [1.807, 2.05) is 0 Å². The lowest BCUT2D eigenvalue weighted by Gasteiger charge is -2.11. The van der Waals surface area contributed by atoms with E-state index in [4.69, 9.17) is 10.00 Å². The zero-order valence-corrected chi connectivity index (χ0v) is 8.18. The van der Waals surface area contributed by atoms with Crippen LogP contribution in [-0.2, 0) is 0 Å². The number of nitriles is 1. The number of nitrogens with zero attached hydrogens (tertiary/aromatic N) is 1. The van der Waals surface area contributed by atoms with Gasteiger partial charge in [0.15, 0.2) is 11.5 Å². The van der Waals surface area contributed by atoms with Crippen LogP contribution < -0.4 is 4.74 Å². The highest BCUT2D eigenvalue weighted by Crippen LogP contribution is 2.37. The Morgan fingerprint density at radius 3 is 2.36 bits per heavy atom. The molecule has 1 N–H and O–H groups in total. The normalized spacial score (nSPS) is 9.64. The van der Waals surface area contributed by atoms with Crippen LogP contribution in [0.15, 0.2) is 0 Å². The number of aromatic hydroxyl groups is 1. The number of halogens is 1. The number of phenols is 1. The van der Waals surface area contributed by atoms with Crippen molar-refractivity contribution >= 4 is 0 Å². The molecule has 0 bridgehead atoms. The molecule has 0 heterocycles. The van der Waals surface area contributed by atoms with Gasteiger partial charge in [0.2, 0.25) is 0 Å². The number of rotatable bonds is 1. The van der Waals surface area contributed by atoms with Gasteiger partial charge in [0.05, 0.1) is 7.11 Å². The van der Waals surface area contributed by atoms with Crippen LogP contribution >= 0.6 is 0 Å². The van der Waals surface area contributed by atoms with Crippen molar-refractivity contribution in [1.82, 2.24) is 0 Å². The monoisotopic (exact) mass is 195 g/mol. The van der Waals surface area contributed by atoms with Crippen molar-refractivity contribution in [3.63, 3.8) is 0 Å². The SMILES string of the molecule is COc1c(C)c(F)c(C)c(C#N)c1O. The van der Waals surface area contributed by atoms with Gasteiger partial charge in [-0.15, -0.1) is 0 Å². The summed E-state index contributed by atoms with van der Waals surface area (Å²) < 4.78 is 18.3. The van der Waals surface area contributed by atoms with E-state index in [2.05, 4.69) is 0 Å². The number of phenolic OH excluding ortho intramolecular Hbond substituents is 1. The van der Waals surface area contributed by atoms with E-state index >= 15 is 0 Å². The van der Waals surface area contributed by atoms with Gasteiger partial charge in [-0.3, -0.25) is 0 Å². The Balaban J connectivity index is 3.67. The molecule has 14 heavy (non-hydrogen) atoms. The third-order valence-corrected chi connectivity index (χ3v) is 2.14. The fourth-order valence-corrected chi connectivity index (χ4v) is 1.35. The summed E-state index contributed by atoms with van der Waals surface area (Å²) in [5.41, 5.74) is 0.273. The average molecular weight is 195 g/mol. The highest BCUT2D eigenvalue weighted by Gasteiger charge is 2.19. The summed E-state index contributed by atoms with van der Waals surface area (Å²) >= 11 is 0. The second-order valence-corrected chi connectivity index (χ2v) is 2.93. The van der Waals surface area contributed by atoms with Crippen molar-refractivity contribution < 1.29 is 14.2 Å². The fraction of sp³-hybridized carbons (Fsp3) is 0.300. The van der Waals surface area contributed by atoms with Crippen molar-refractivity contribution in [3.05, 3.63) is 22.5 Å². The van der Waals surface area contributed by atoms with Crippen molar-refractivity contribution in [3.8, 4) is 17.6 Å². The molecule has 0 unspecified atom stereocenters. The van der Waals surface area contributed by atoms with Gasteiger partial charge in [0.1, 0.15) is 17.4 Å². The van der Waals surface area contributed by atoms with Gasteiger partial charge in [-0.05, 0) is 13.8 Å². The fourth-order valence-electron chi connectivity index (χ4n) is 1.35. The molecule has 74 valence electrons. The summed E-state index contributed by atoms with van der Waals surface area (Å²) in [7, 11) is 1.32. The predicted octanol–water partition coefficient (Wildman–Crippen LogP) is 2.03. The van der Waals surface area contributed by atoms with Crippen molar-refractivity contribution in [1.29, 1.82) is 5.26 Å². The third-order valence-electron chi connectivity index (χ3n) is 2.14. The molecule has 0 amide bonds. The van der Waals surface area contributed by atoms with Crippen LogP contribution in [-0.4, -0.2) is 12.2 Å². The minimum absolute atomic E-state index is 0.0182. The molecule has 3 nitrogen and oxygen atoms in total. The van der Waals surface area contributed by atoms with Gasteiger partial charge in [0.25, 0.3) is 0 Å². The second-order valence-electron chi connectivity index (χ2n) is 2.93. The molecule has 0 atom stereocenters. The number of hydrogen-bond donors (Lipinski definition) is 1. The average Bonchev–Trinajstić information content (AvgIpc) is 2.16. The molecule has 1 aromatic carbocycles. The van der Waals surface area contributed by atoms with Crippen LogP contribution in [0.1, 0.15) is 16.7 Å². The molecule has 0 spiro atoms. The lowest BCUT2D eigenvalue weighted by Crippen LogP contribution is -1.98. The summed E-state index contributed by atoms with van der Waals surface area (Å²) in [4.78, 5) is 0. The first kappa shape index (κ1) is 10.3. The molecule has 0 radical (unpaired) electrons. The van der Waals surface area contributed by atoms with E-state index in [0.29, 0.717) is 0 Å². The highest BCUT2D eigenvalue weighted by atomic mass is 19.1. The van der Waals surface area contributed by atoms with Crippen molar-refractivity contribution in [2.24, 2.45) is 0 Å². The first-order valence-electron chi connectivity index (χ1n) is 4.00. The quantitative estimate of drug-likeness (QED) is 0.745. The summed E-state index contributed by atoms with van der Waals surface area (Å²) in [6.07, 6.45) is 0. The number of benzene rings is 1. The zero-order chi connectivity index (χ0) is 10.9. The molecule has 0 aliphatic carbocycles. The predicted molar refractivity (Wildman–Crippen MR) is 48.8 cm³/mol. The topological polar surface area (TPSA) is 53.2 Å². The Bertz CT molecular complexity index is 418. The van der Waals surface area contributed by atoms with Gasteiger partial charge >= 0.3 is 0 Å². The van der Waals surface area contributed by atoms with Crippen LogP contribution in [0, 0.1) is 31.0 Å². The van der Waals surface area contributed by atoms with E-state index < -0.39 is 5.82 Å². The third kappa shape index (κ3) is 1.27. The Morgan fingerprint density at radius 1 is 1.36 bits per heavy atom. The Kier molecular flexibility index (Phi) is 2.61. The van der Waals surface area contributed by atoms with Gasteiger partial charge < -0.3 is 9.84 Å². The minimum atomic E-state index is -0.517. The lowest BCUT2D eigenvalue weighted by atomic mass is 10.0. The second kappa shape index (κ2) is 3.54. The molecular weight excluding hydrogens is 185 g/mol. The number of ether oxygens (including phenoxy) is 1. The smallest absolute Gasteiger partial charge is 0.176 e. The summed E-state index contributed by atoms with van der Waals surface area (Å²) in [5, 5.41) is 18.3. The van der Waals surface area contributed by atoms with Gasteiger partial charge in [-0.25, -0.2) is 4.39 Å². The maximum absolute atomic E-state index is 13.5. The zero-order valence-electron chi connectivity index (χ0n) is 8.18. The molecule has 0 saturated carbocycles. The molecular formula is C10H10FNO2. The highest BCUT2D eigenvalue weighted by molar-refractivity contribution is 5.59. The maximum Gasteiger partial charge on any atom is 0.176 e. The Morgan fingerprint density at radius 2 is 1.93 bits per heavy atom. The van der Waals surface area contributed by atoms with Crippen molar-refractivity contribution in [2.45, 2.75) is 13.8 Å². The van der Waals surface area contributed by atoms with Crippen LogP contribution in [0.25, 0.3) is 0 Å². The van der Waals surface area contributed by atoms with Crippen LogP contribution in [0.4, 0.5) is 4.39 Å². The van der Waals surface area contributed by atoms with E-state index in [1.54, 1.807) is 6.07 Å². The summed E-state index contributed by atoms with van der Waals surface area (Å²) in [5.74, 6) is -0.799. The maximum atomic E-state index is 13.5. The van der Waals surface area contributed by atoms with Crippen LogP contribution in [0.2, 0.25) is 0 Å². The Labute approximate surface area is 81.4 Å². The van der Waals surface area contributed by atoms with E-state index in [9.17, 15) is 9.50 Å².